The molecular formula is C11H18N6O3. The number of nitrogens with one attached hydrogen (secondary N) is 2. The first-order chi connectivity index (χ1) is 9.61. The number of anilines is 2. The van der Waals surface area contributed by atoms with Gasteiger partial charge < -0.3 is 10.1 Å². The van der Waals surface area contributed by atoms with Crippen molar-refractivity contribution >= 4 is 17.5 Å². The lowest BCUT2D eigenvalue weighted by molar-refractivity contribution is -0.384. The quantitative estimate of drug-likeness (QED) is 0.412. The van der Waals surface area contributed by atoms with Gasteiger partial charge in [-0.2, -0.15) is 4.98 Å². The first-order valence-corrected chi connectivity index (χ1v) is 6.44. The molecule has 1 aromatic heterocycles. The van der Waals surface area contributed by atoms with Crippen LogP contribution < -0.4 is 16.6 Å². The average Bonchev–Trinajstić information content (AvgIpc) is 2.47. The Morgan fingerprint density at radius 2 is 2.25 bits per heavy atom. The van der Waals surface area contributed by atoms with Crippen LogP contribution in [0.25, 0.3) is 0 Å². The van der Waals surface area contributed by atoms with Gasteiger partial charge in [0.05, 0.1) is 4.92 Å². The molecule has 0 aromatic carbocycles. The maximum absolute atomic E-state index is 11.0. The van der Waals surface area contributed by atoms with Crippen molar-refractivity contribution in [3.63, 3.8) is 0 Å². The van der Waals surface area contributed by atoms with Crippen LogP contribution in [0, 0.1) is 16.0 Å². The Hall–Kier alpha value is -2.00. The van der Waals surface area contributed by atoms with Crippen LogP contribution in [-0.2, 0) is 4.74 Å². The predicted molar refractivity (Wildman–Crippen MR) is 73.1 cm³/mol. The molecule has 20 heavy (non-hydrogen) atoms. The maximum atomic E-state index is 11.0. The molecule has 9 nitrogen and oxygen atoms in total. The van der Waals surface area contributed by atoms with Crippen molar-refractivity contribution in [3.05, 3.63) is 16.3 Å². The van der Waals surface area contributed by atoms with Crippen molar-refractivity contribution in [2.45, 2.75) is 25.8 Å². The summed E-state index contributed by atoms with van der Waals surface area (Å²) in [6, 6.07) is 0.0538. The van der Waals surface area contributed by atoms with Gasteiger partial charge in [0.1, 0.15) is 6.20 Å². The summed E-state index contributed by atoms with van der Waals surface area (Å²) in [7, 11) is 0. The van der Waals surface area contributed by atoms with Crippen molar-refractivity contribution in [1.29, 1.82) is 0 Å². The maximum Gasteiger partial charge on any atom is 0.329 e. The third kappa shape index (κ3) is 3.31. The molecule has 0 bridgehead atoms. The molecule has 110 valence electrons. The fourth-order valence-electron chi connectivity index (χ4n) is 2.23. The zero-order valence-corrected chi connectivity index (χ0v) is 11.2. The lowest BCUT2D eigenvalue weighted by Gasteiger charge is -2.28. The van der Waals surface area contributed by atoms with Gasteiger partial charge in [-0.25, -0.2) is 10.8 Å². The summed E-state index contributed by atoms with van der Waals surface area (Å²) < 4.78 is 5.31. The second kappa shape index (κ2) is 6.44. The first-order valence-electron chi connectivity index (χ1n) is 6.44. The van der Waals surface area contributed by atoms with Gasteiger partial charge in [0.25, 0.3) is 0 Å². The van der Waals surface area contributed by atoms with Crippen LogP contribution in [0.2, 0.25) is 0 Å². The normalized spacial score (nSPS) is 17.5. The second-order valence-electron chi connectivity index (χ2n) is 4.71. The topological polar surface area (TPSA) is 128 Å². The summed E-state index contributed by atoms with van der Waals surface area (Å²) in [6.45, 7) is 3.42. The van der Waals surface area contributed by atoms with Crippen LogP contribution in [-0.4, -0.2) is 34.1 Å². The Labute approximate surface area is 116 Å². The van der Waals surface area contributed by atoms with Gasteiger partial charge in [0.2, 0.25) is 11.8 Å². The number of rotatable bonds is 5. The van der Waals surface area contributed by atoms with Crippen LogP contribution in [0.15, 0.2) is 6.20 Å². The highest BCUT2D eigenvalue weighted by molar-refractivity contribution is 5.57. The predicted octanol–water partition coefficient (Wildman–Crippen LogP) is 0.897. The van der Waals surface area contributed by atoms with Gasteiger partial charge in [0, 0.05) is 19.3 Å². The first kappa shape index (κ1) is 14.4. The fraction of sp³-hybridized carbons (Fsp3) is 0.636. The molecule has 0 spiro atoms. The minimum atomic E-state index is -0.515. The number of hydrogen-bond donors (Lipinski definition) is 3. The van der Waals surface area contributed by atoms with Crippen LogP contribution in [0.4, 0.5) is 17.5 Å². The van der Waals surface area contributed by atoms with Crippen molar-refractivity contribution in [3.8, 4) is 0 Å². The molecule has 1 aliphatic heterocycles. The van der Waals surface area contributed by atoms with Crippen molar-refractivity contribution in [1.82, 2.24) is 9.97 Å². The Kier molecular flexibility index (Phi) is 4.64. The largest absolute Gasteiger partial charge is 0.381 e. The SMILES string of the molecule is CC(Nc1nc(NN)ncc1[N+](=O)[O-])C1CCOCC1. The molecule has 9 heteroatoms. The minimum absolute atomic E-state index is 0.0538. The average molecular weight is 282 g/mol. The zero-order valence-electron chi connectivity index (χ0n) is 11.2. The molecule has 2 rings (SSSR count). The third-order valence-electron chi connectivity index (χ3n) is 3.43. The number of nitrogens with zero attached hydrogens (tertiary/aromatic N) is 3. The van der Waals surface area contributed by atoms with E-state index in [1.807, 2.05) is 6.92 Å². The van der Waals surface area contributed by atoms with Crippen LogP contribution in [0.5, 0.6) is 0 Å². The number of hydrogen-bond acceptors (Lipinski definition) is 8. The highest BCUT2D eigenvalue weighted by Gasteiger charge is 2.24. The van der Waals surface area contributed by atoms with E-state index in [0.29, 0.717) is 5.92 Å². The molecule has 1 unspecified atom stereocenters. The molecule has 0 aliphatic carbocycles. The van der Waals surface area contributed by atoms with E-state index < -0.39 is 4.92 Å². The van der Waals surface area contributed by atoms with E-state index in [1.54, 1.807) is 0 Å². The molecule has 0 saturated carbocycles. The molecular weight excluding hydrogens is 264 g/mol. The lowest BCUT2D eigenvalue weighted by atomic mass is 9.93. The number of ether oxygens (including phenoxy) is 1. The smallest absolute Gasteiger partial charge is 0.329 e. The third-order valence-corrected chi connectivity index (χ3v) is 3.43. The summed E-state index contributed by atoms with van der Waals surface area (Å²) in [6.07, 6.45) is 2.99. The van der Waals surface area contributed by atoms with Crippen LogP contribution >= 0.6 is 0 Å². The lowest BCUT2D eigenvalue weighted by Crippen LogP contribution is -2.31. The van der Waals surface area contributed by atoms with E-state index in [9.17, 15) is 10.1 Å². The highest BCUT2D eigenvalue weighted by Crippen LogP contribution is 2.26. The molecule has 1 fully saturated rings. The Bertz CT molecular complexity index is 477. The molecule has 2 heterocycles. The highest BCUT2D eigenvalue weighted by atomic mass is 16.6. The molecule has 1 aromatic rings. The Morgan fingerprint density at radius 3 is 2.85 bits per heavy atom. The van der Waals surface area contributed by atoms with E-state index in [2.05, 4.69) is 20.7 Å². The number of nitrogen functional groups attached to an aromatic ring is 1. The van der Waals surface area contributed by atoms with Crippen molar-refractivity contribution in [2.75, 3.05) is 24.0 Å². The zero-order chi connectivity index (χ0) is 14.5. The van der Waals surface area contributed by atoms with Gasteiger partial charge in [-0.1, -0.05) is 0 Å². The van der Waals surface area contributed by atoms with Crippen LogP contribution in [0.1, 0.15) is 19.8 Å². The van der Waals surface area contributed by atoms with E-state index >= 15 is 0 Å². The van der Waals surface area contributed by atoms with E-state index in [4.69, 9.17) is 10.6 Å². The molecule has 1 saturated heterocycles. The minimum Gasteiger partial charge on any atom is -0.381 e. The number of aromatic nitrogens is 2. The van der Waals surface area contributed by atoms with E-state index in [0.717, 1.165) is 32.3 Å². The molecule has 1 atom stereocenters. The molecule has 0 radical (unpaired) electrons. The summed E-state index contributed by atoms with van der Waals surface area (Å²) in [4.78, 5) is 18.2. The van der Waals surface area contributed by atoms with Gasteiger partial charge in [0.15, 0.2) is 0 Å². The van der Waals surface area contributed by atoms with Gasteiger partial charge in [-0.05, 0) is 25.7 Å². The van der Waals surface area contributed by atoms with Crippen LogP contribution in [0.3, 0.4) is 0 Å². The summed E-state index contributed by atoms with van der Waals surface area (Å²) in [5.41, 5.74) is 2.12. The Morgan fingerprint density at radius 1 is 1.55 bits per heavy atom. The summed E-state index contributed by atoms with van der Waals surface area (Å²) in [5.74, 6) is 5.94. The van der Waals surface area contributed by atoms with Crippen molar-refractivity contribution < 1.29 is 9.66 Å². The fourth-order valence-corrected chi connectivity index (χ4v) is 2.23. The van der Waals surface area contributed by atoms with E-state index in [-0.39, 0.29) is 23.5 Å². The van der Waals surface area contributed by atoms with Crippen molar-refractivity contribution in [2.24, 2.45) is 11.8 Å². The van der Waals surface area contributed by atoms with E-state index in [1.165, 1.54) is 0 Å². The number of nitrogens with two attached hydrogens (primary N) is 1. The summed E-state index contributed by atoms with van der Waals surface area (Å²) in [5, 5.41) is 14.1. The number of hydrazine groups is 1. The van der Waals surface area contributed by atoms with Gasteiger partial charge >= 0.3 is 5.69 Å². The molecule has 0 amide bonds. The van der Waals surface area contributed by atoms with Gasteiger partial charge in [-0.15, -0.1) is 0 Å². The Balaban J connectivity index is 2.15. The van der Waals surface area contributed by atoms with Gasteiger partial charge in [-0.3, -0.25) is 15.5 Å². The second-order valence-corrected chi connectivity index (χ2v) is 4.71. The molecule has 4 N–H and O–H groups in total. The molecule has 1 aliphatic rings. The monoisotopic (exact) mass is 282 g/mol. The standard InChI is InChI=1S/C11H18N6O3/c1-7(8-2-4-20-5-3-8)14-10-9(17(18)19)6-13-11(15-10)16-12/h6-8H,2-5,12H2,1H3,(H2,13,14,15,16). The summed E-state index contributed by atoms with van der Waals surface area (Å²) >= 11 is 0. The number of nitro groups is 1.